The first-order valence-electron chi connectivity index (χ1n) is 25.1. The molecular formula is C55H91NO8. The van der Waals surface area contributed by atoms with Gasteiger partial charge in [-0.2, -0.15) is 0 Å². The van der Waals surface area contributed by atoms with Crippen LogP contribution in [0.25, 0.3) is 0 Å². The fourth-order valence-corrected chi connectivity index (χ4v) is 7.14. The van der Waals surface area contributed by atoms with Crippen LogP contribution in [0.4, 0.5) is 0 Å². The normalized spacial score (nSPS) is 21.0. The summed E-state index contributed by atoms with van der Waals surface area (Å²) in [5.41, 5.74) is 0. The maximum Gasteiger partial charge on any atom is 0.220 e. The van der Waals surface area contributed by atoms with E-state index in [2.05, 4.69) is 116 Å². The van der Waals surface area contributed by atoms with E-state index in [-0.39, 0.29) is 12.5 Å². The van der Waals surface area contributed by atoms with Gasteiger partial charge < -0.3 is 40.3 Å². The summed E-state index contributed by atoms with van der Waals surface area (Å²) in [6.07, 6.45) is 57.3. The molecular weight excluding hydrogens is 803 g/mol. The second-order valence-corrected chi connectivity index (χ2v) is 16.8. The van der Waals surface area contributed by atoms with E-state index in [1.165, 1.54) is 57.8 Å². The summed E-state index contributed by atoms with van der Waals surface area (Å²) in [5.74, 6) is -0.202. The van der Waals surface area contributed by atoms with Gasteiger partial charge in [0.2, 0.25) is 5.91 Å². The van der Waals surface area contributed by atoms with Crippen molar-refractivity contribution in [2.75, 3.05) is 13.2 Å². The highest BCUT2D eigenvalue weighted by atomic mass is 16.7. The second kappa shape index (κ2) is 43.7. The molecule has 64 heavy (non-hydrogen) atoms. The Kier molecular flexibility index (Phi) is 40.2. The van der Waals surface area contributed by atoms with Gasteiger partial charge in [0.05, 0.1) is 25.4 Å². The van der Waals surface area contributed by atoms with E-state index in [9.17, 15) is 30.3 Å². The minimum absolute atomic E-state index is 0.202. The molecule has 1 amide bonds. The van der Waals surface area contributed by atoms with E-state index >= 15 is 0 Å². The Labute approximate surface area is 389 Å². The van der Waals surface area contributed by atoms with Crippen molar-refractivity contribution < 1.29 is 39.8 Å². The molecule has 0 aromatic carbocycles. The third kappa shape index (κ3) is 33.3. The van der Waals surface area contributed by atoms with Crippen molar-refractivity contribution in [2.24, 2.45) is 0 Å². The smallest absolute Gasteiger partial charge is 0.220 e. The first-order chi connectivity index (χ1) is 31.3. The van der Waals surface area contributed by atoms with E-state index in [0.717, 1.165) is 96.3 Å². The summed E-state index contributed by atoms with van der Waals surface area (Å²) >= 11 is 0. The number of hydrogen-bond donors (Lipinski definition) is 6. The van der Waals surface area contributed by atoms with Gasteiger partial charge in [0.15, 0.2) is 6.29 Å². The first-order valence-corrected chi connectivity index (χ1v) is 25.1. The van der Waals surface area contributed by atoms with Crippen molar-refractivity contribution in [3.05, 3.63) is 109 Å². The lowest BCUT2D eigenvalue weighted by Crippen LogP contribution is -2.60. The number of nitrogens with one attached hydrogen (secondary N) is 1. The van der Waals surface area contributed by atoms with Crippen LogP contribution >= 0.6 is 0 Å². The molecule has 9 nitrogen and oxygen atoms in total. The third-order valence-electron chi connectivity index (χ3n) is 11.1. The van der Waals surface area contributed by atoms with Crippen LogP contribution in [0.1, 0.15) is 174 Å². The minimum atomic E-state index is -1.58. The molecule has 1 aliphatic heterocycles. The maximum atomic E-state index is 13.0. The van der Waals surface area contributed by atoms with Crippen molar-refractivity contribution in [1.29, 1.82) is 0 Å². The molecule has 7 atom stereocenters. The lowest BCUT2D eigenvalue weighted by atomic mass is 9.99. The lowest BCUT2D eigenvalue weighted by molar-refractivity contribution is -0.302. The summed E-state index contributed by atoms with van der Waals surface area (Å²) in [7, 11) is 0. The van der Waals surface area contributed by atoms with Gasteiger partial charge in [0.1, 0.15) is 24.4 Å². The van der Waals surface area contributed by atoms with Crippen LogP contribution in [0, 0.1) is 0 Å². The molecule has 6 N–H and O–H groups in total. The minimum Gasteiger partial charge on any atom is -0.394 e. The highest BCUT2D eigenvalue weighted by Gasteiger charge is 2.44. The van der Waals surface area contributed by atoms with Crippen LogP contribution in [-0.4, -0.2) is 87.5 Å². The molecule has 0 aromatic heterocycles. The fourth-order valence-electron chi connectivity index (χ4n) is 7.14. The van der Waals surface area contributed by atoms with Gasteiger partial charge in [-0.15, -0.1) is 0 Å². The molecule has 0 aliphatic carbocycles. The van der Waals surface area contributed by atoms with Crippen LogP contribution in [0.2, 0.25) is 0 Å². The van der Waals surface area contributed by atoms with Crippen LogP contribution in [0.3, 0.4) is 0 Å². The van der Waals surface area contributed by atoms with E-state index in [1.54, 1.807) is 6.08 Å². The zero-order chi connectivity index (χ0) is 46.6. The number of rotatable bonds is 40. The fraction of sp³-hybridized carbons (Fsp3) is 0.655. The Balaban J connectivity index is 2.19. The molecule has 1 rings (SSSR count). The monoisotopic (exact) mass is 894 g/mol. The molecule has 1 aliphatic rings. The Bertz CT molecular complexity index is 1360. The van der Waals surface area contributed by atoms with Crippen molar-refractivity contribution in [3.8, 4) is 0 Å². The van der Waals surface area contributed by atoms with E-state index in [4.69, 9.17) is 9.47 Å². The largest absolute Gasteiger partial charge is 0.394 e. The Morgan fingerprint density at radius 2 is 0.938 bits per heavy atom. The third-order valence-corrected chi connectivity index (χ3v) is 11.1. The van der Waals surface area contributed by atoms with Crippen LogP contribution in [0.5, 0.6) is 0 Å². The number of aliphatic hydroxyl groups is 5. The predicted octanol–water partition coefficient (Wildman–Crippen LogP) is 11.4. The van der Waals surface area contributed by atoms with Crippen molar-refractivity contribution in [2.45, 2.75) is 217 Å². The predicted molar refractivity (Wildman–Crippen MR) is 267 cm³/mol. The van der Waals surface area contributed by atoms with Gasteiger partial charge in [-0.25, -0.2) is 0 Å². The van der Waals surface area contributed by atoms with Gasteiger partial charge in [0.25, 0.3) is 0 Å². The highest BCUT2D eigenvalue weighted by molar-refractivity contribution is 5.76. The molecule has 0 saturated carbocycles. The molecule has 364 valence electrons. The number of amides is 1. The molecule has 0 aromatic rings. The first kappa shape index (κ1) is 58.9. The average molecular weight is 894 g/mol. The van der Waals surface area contributed by atoms with Crippen molar-refractivity contribution >= 4 is 5.91 Å². The number of hydrogen-bond acceptors (Lipinski definition) is 8. The van der Waals surface area contributed by atoms with Crippen molar-refractivity contribution in [1.82, 2.24) is 5.32 Å². The number of carbonyl (C=O) groups excluding carboxylic acids is 1. The summed E-state index contributed by atoms with van der Waals surface area (Å²) in [6.45, 7) is 3.49. The molecule has 0 spiro atoms. The Morgan fingerprint density at radius 3 is 1.44 bits per heavy atom. The molecule has 1 saturated heterocycles. The van der Waals surface area contributed by atoms with Gasteiger partial charge in [0, 0.05) is 6.42 Å². The second-order valence-electron chi connectivity index (χ2n) is 16.8. The van der Waals surface area contributed by atoms with Crippen molar-refractivity contribution in [3.63, 3.8) is 0 Å². The van der Waals surface area contributed by atoms with E-state index < -0.39 is 49.5 Å². The van der Waals surface area contributed by atoms with Crippen LogP contribution in [0.15, 0.2) is 109 Å². The van der Waals surface area contributed by atoms with Crippen LogP contribution < -0.4 is 5.32 Å². The number of aliphatic hydroxyl groups excluding tert-OH is 5. The molecule has 1 fully saturated rings. The Morgan fingerprint density at radius 1 is 0.531 bits per heavy atom. The average Bonchev–Trinajstić information content (AvgIpc) is 3.29. The highest BCUT2D eigenvalue weighted by Crippen LogP contribution is 2.22. The van der Waals surface area contributed by atoms with Gasteiger partial charge in [-0.05, 0) is 89.9 Å². The lowest BCUT2D eigenvalue weighted by Gasteiger charge is -2.40. The van der Waals surface area contributed by atoms with E-state index in [1.807, 2.05) is 6.08 Å². The summed E-state index contributed by atoms with van der Waals surface area (Å²) < 4.78 is 11.2. The van der Waals surface area contributed by atoms with E-state index in [0.29, 0.717) is 6.42 Å². The molecule has 1 heterocycles. The standard InChI is InChI=1S/C55H91NO8/c1-3-5-7-9-11-13-15-16-17-18-19-20-21-22-23-24-25-26-27-28-29-30-31-32-33-34-35-37-39-41-43-45-51(59)56-48(47-63-55-54(62)53(61)52(60)50(46-57)64-55)49(58)44-42-40-38-36-14-12-10-8-6-4-2/h5-8,11,13-14,16-17,19-20,22-23,25-26,36,42,44,48-50,52-55,57-58,60-62H,3-4,9-10,12,15,18,21,24,27-35,37-41,43,45-47H2,1-2H3,(H,56,59)/b7-5-,8-6+,13-11-,17-16-,20-19-,23-22-,26-25-,36-14+,44-42+. The molecule has 0 bridgehead atoms. The van der Waals surface area contributed by atoms with Crippen LogP contribution in [-0.2, 0) is 14.3 Å². The summed E-state index contributed by atoms with van der Waals surface area (Å²) in [5, 5.41) is 54.1. The van der Waals surface area contributed by atoms with Gasteiger partial charge in [-0.1, -0.05) is 187 Å². The quantitative estimate of drug-likeness (QED) is 0.0263. The summed E-state index contributed by atoms with van der Waals surface area (Å²) in [6, 6.07) is -0.834. The maximum absolute atomic E-state index is 13.0. The molecule has 9 heteroatoms. The van der Waals surface area contributed by atoms with Gasteiger partial charge >= 0.3 is 0 Å². The zero-order valence-electron chi connectivity index (χ0n) is 40.0. The molecule has 0 radical (unpaired) electrons. The topological polar surface area (TPSA) is 149 Å². The number of unbranched alkanes of at least 4 members (excludes halogenated alkanes) is 14. The summed E-state index contributed by atoms with van der Waals surface area (Å²) in [4.78, 5) is 13.0. The van der Waals surface area contributed by atoms with Gasteiger partial charge in [-0.3, -0.25) is 4.79 Å². The number of allylic oxidation sites excluding steroid dienone is 17. The Hall–Kier alpha value is -3.15. The zero-order valence-corrected chi connectivity index (χ0v) is 40.0. The number of carbonyl (C=O) groups is 1. The number of ether oxygens (including phenoxy) is 2. The SMILES string of the molecule is CC/C=C\C/C=C\C/C=C\C/C=C\C/C=C\C/C=C\CCCCCCCCCCCCCCC(=O)NC(COC1OC(CO)C(O)C(O)C1O)C(O)/C=C/CC/C=C/CC/C=C/CC. The molecule has 7 unspecified atom stereocenters.